The second-order valence-electron chi connectivity index (χ2n) is 4.05. The zero-order valence-corrected chi connectivity index (χ0v) is 9.96. The van der Waals surface area contributed by atoms with Crippen molar-refractivity contribution in [3.63, 3.8) is 0 Å². The molecule has 0 radical (unpaired) electrons. The molecule has 1 N–H and O–H groups in total. The van der Waals surface area contributed by atoms with Crippen LogP contribution in [0.4, 0.5) is 0 Å². The molecule has 3 aromatic heterocycles. The molecule has 18 heavy (non-hydrogen) atoms. The van der Waals surface area contributed by atoms with Crippen LogP contribution < -0.4 is 0 Å². The van der Waals surface area contributed by atoms with Crippen LogP contribution in [0.25, 0.3) is 22.8 Å². The van der Waals surface area contributed by atoms with Crippen LogP contribution in [0.2, 0.25) is 0 Å². The highest BCUT2D eigenvalue weighted by Gasteiger charge is 2.07. The Morgan fingerprint density at radius 3 is 2.61 bits per heavy atom. The van der Waals surface area contributed by atoms with Crippen LogP contribution in [0, 0.1) is 6.92 Å². The topological polar surface area (TPSA) is 54.5 Å². The van der Waals surface area contributed by atoms with E-state index in [1.54, 1.807) is 6.20 Å². The molecular formula is C14H12N4. The minimum atomic E-state index is 0.833. The second-order valence-corrected chi connectivity index (χ2v) is 4.05. The number of aryl methyl sites for hydroxylation is 1. The molecule has 0 saturated carbocycles. The molecule has 0 saturated heterocycles. The number of rotatable bonds is 2. The average molecular weight is 236 g/mol. The predicted molar refractivity (Wildman–Crippen MR) is 69.8 cm³/mol. The Morgan fingerprint density at radius 2 is 1.83 bits per heavy atom. The zero-order valence-electron chi connectivity index (χ0n) is 9.96. The molecule has 0 fully saturated rings. The van der Waals surface area contributed by atoms with Crippen molar-refractivity contribution >= 4 is 0 Å². The highest BCUT2D eigenvalue weighted by Crippen LogP contribution is 2.20. The molecule has 3 heterocycles. The fourth-order valence-electron chi connectivity index (χ4n) is 1.79. The lowest BCUT2D eigenvalue weighted by atomic mass is 10.2. The molecule has 88 valence electrons. The first-order valence-electron chi connectivity index (χ1n) is 5.74. The summed E-state index contributed by atoms with van der Waals surface area (Å²) >= 11 is 0. The maximum absolute atomic E-state index is 4.45. The Balaban J connectivity index is 2.00. The molecular weight excluding hydrogens is 224 g/mol. The van der Waals surface area contributed by atoms with Gasteiger partial charge in [-0.25, -0.2) is 0 Å². The Hall–Kier alpha value is -2.49. The molecule has 0 atom stereocenters. The summed E-state index contributed by atoms with van der Waals surface area (Å²) in [5.74, 6) is 0. The fourth-order valence-corrected chi connectivity index (χ4v) is 1.79. The number of H-pyrrole nitrogens is 1. The van der Waals surface area contributed by atoms with Crippen molar-refractivity contribution in [3.05, 3.63) is 54.4 Å². The zero-order chi connectivity index (χ0) is 12.4. The molecule has 0 aromatic carbocycles. The maximum atomic E-state index is 4.45. The van der Waals surface area contributed by atoms with Crippen molar-refractivity contribution in [3.8, 4) is 22.8 Å². The predicted octanol–water partition coefficient (Wildman–Crippen LogP) is 2.84. The number of aromatic amines is 1. The van der Waals surface area contributed by atoms with Gasteiger partial charge >= 0.3 is 0 Å². The van der Waals surface area contributed by atoms with Gasteiger partial charge in [-0.2, -0.15) is 5.10 Å². The number of aromatic nitrogens is 4. The second kappa shape index (κ2) is 4.41. The quantitative estimate of drug-likeness (QED) is 0.744. The third-order valence-corrected chi connectivity index (χ3v) is 2.67. The van der Waals surface area contributed by atoms with Crippen LogP contribution in [0.5, 0.6) is 0 Å². The summed E-state index contributed by atoms with van der Waals surface area (Å²) in [5.41, 5.74) is 4.46. The van der Waals surface area contributed by atoms with Gasteiger partial charge in [-0.15, -0.1) is 0 Å². The van der Waals surface area contributed by atoms with Gasteiger partial charge in [-0.1, -0.05) is 12.1 Å². The minimum absolute atomic E-state index is 0.833. The standard InChI is InChI=1S/C14H12N4/c1-10-5-4-7-12(16-10)14-9-13(17-18-14)11-6-2-3-8-15-11/h2-9H,1H3,(H,17,18). The normalized spacial score (nSPS) is 10.5. The van der Waals surface area contributed by atoms with Crippen LogP contribution in [-0.4, -0.2) is 20.2 Å². The summed E-state index contributed by atoms with van der Waals surface area (Å²) in [6, 6.07) is 13.6. The smallest absolute Gasteiger partial charge is 0.111 e. The molecule has 3 rings (SSSR count). The lowest BCUT2D eigenvalue weighted by Gasteiger charge is -1.96. The van der Waals surface area contributed by atoms with E-state index in [-0.39, 0.29) is 0 Å². The van der Waals surface area contributed by atoms with Crippen molar-refractivity contribution in [2.24, 2.45) is 0 Å². The molecule has 0 aliphatic heterocycles. The third kappa shape index (κ3) is 2.00. The summed E-state index contributed by atoms with van der Waals surface area (Å²) in [6.07, 6.45) is 1.76. The van der Waals surface area contributed by atoms with E-state index in [0.29, 0.717) is 0 Å². The number of hydrogen-bond donors (Lipinski definition) is 1. The van der Waals surface area contributed by atoms with Crippen LogP contribution in [-0.2, 0) is 0 Å². The first-order valence-corrected chi connectivity index (χ1v) is 5.74. The molecule has 0 bridgehead atoms. The Kier molecular flexibility index (Phi) is 2.61. The highest BCUT2D eigenvalue weighted by atomic mass is 15.1. The van der Waals surface area contributed by atoms with Crippen LogP contribution in [0.3, 0.4) is 0 Å². The van der Waals surface area contributed by atoms with E-state index in [1.807, 2.05) is 49.4 Å². The summed E-state index contributed by atoms with van der Waals surface area (Å²) < 4.78 is 0. The average Bonchev–Trinajstić information content (AvgIpc) is 2.89. The molecule has 4 nitrogen and oxygen atoms in total. The van der Waals surface area contributed by atoms with Gasteiger partial charge in [-0.3, -0.25) is 15.1 Å². The van der Waals surface area contributed by atoms with Crippen LogP contribution in [0.15, 0.2) is 48.7 Å². The van der Waals surface area contributed by atoms with Crippen LogP contribution >= 0.6 is 0 Å². The summed E-state index contributed by atoms with van der Waals surface area (Å²) in [7, 11) is 0. The first-order chi connectivity index (χ1) is 8.83. The van der Waals surface area contributed by atoms with Crippen molar-refractivity contribution in [2.45, 2.75) is 6.92 Å². The lowest BCUT2D eigenvalue weighted by Crippen LogP contribution is -1.85. The first kappa shape index (κ1) is 10.7. The molecule has 0 unspecified atom stereocenters. The Morgan fingerprint density at radius 1 is 0.944 bits per heavy atom. The van der Waals surface area contributed by atoms with Gasteiger partial charge in [0.2, 0.25) is 0 Å². The number of pyridine rings is 2. The van der Waals surface area contributed by atoms with Crippen molar-refractivity contribution < 1.29 is 0 Å². The van der Waals surface area contributed by atoms with Gasteiger partial charge in [0.05, 0.1) is 17.1 Å². The largest absolute Gasteiger partial charge is 0.276 e. The van der Waals surface area contributed by atoms with E-state index in [0.717, 1.165) is 28.5 Å². The van der Waals surface area contributed by atoms with Gasteiger partial charge in [0.1, 0.15) is 5.69 Å². The van der Waals surface area contributed by atoms with E-state index in [2.05, 4.69) is 20.2 Å². The Bertz CT molecular complexity index is 658. The monoisotopic (exact) mass is 236 g/mol. The van der Waals surface area contributed by atoms with E-state index in [4.69, 9.17) is 0 Å². The van der Waals surface area contributed by atoms with Crippen LogP contribution in [0.1, 0.15) is 5.69 Å². The van der Waals surface area contributed by atoms with Gasteiger partial charge in [0, 0.05) is 11.9 Å². The number of nitrogens with zero attached hydrogens (tertiary/aromatic N) is 3. The van der Waals surface area contributed by atoms with E-state index < -0.39 is 0 Å². The molecule has 3 aromatic rings. The van der Waals surface area contributed by atoms with Gasteiger partial charge in [0.25, 0.3) is 0 Å². The molecule has 4 heteroatoms. The van der Waals surface area contributed by atoms with Crippen molar-refractivity contribution in [1.29, 1.82) is 0 Å². The maximum Gasteiger partial charge on any atom is 0.111 e. The summed E-state index contributed by atoms with van der Waals surface area (Å²) in [6.45, 7) is 1.97. The molecule has 0 aliphatic rings. The molecule has 0 aliphatic carbocycles. The summed E-state index contributed by atoms with van der Waals surface area (Å²) in [4.78, 5) is 8.73. The number of nitrogens with one attached hydrogen (secondary N) is 1. The fraction of sp³-hybridized carbons (Fsp3) is 0.0714. The minimum Gasteiger partial charge on any atom is -0.276 e. The van der Waals surface area contributed by atoms with Crippen molar-refractivity contribution in [2.75, 3.05) is 0 Å². The third-order valence-electron chi connectivity index (χ3n) is 2.67. The van der Waals surface area contributed by atoms with Gasteiger partial charge in [0.15, 0.2) is 0 Å². The molecule has 0 spiro atoms. The lowest BCUT2D eigenvalue weighted by molar-refractivity contribution is 1.08. The van der Waals surface area contributed by atoms with E-state index in [9.17, 15) is 0 Å². The highest BCUT2D eigenvalue weighted by molar-refractivity contribution is 5.63. The van der Waals surface area contributed by atoms with E-state index >= 15 is 0 Å². The van der Waals surface area contributed by atoms with Gasteiger partial charge in [-0.05, 0) is 37.3 Å². The van der Waals surface area contributed by atoms with Gasteiger partial charge < -0.3 is 0 Å². The molecule has 0 amide bonds. The summed E-state index contributed by atoms with van der Waals surface area (Å²) in [5, 5.41) is 7.26. The number of hydrogen-bond acceptors (Lipinski definition) is 3. The van der Waals surface area contributed by atoms with E-state index in [1.165, 1.54) is 0 Å². The van der Waals surface area contributed by atoms with Crippen molar-refractivity contribution in [1.82, 2.24) is 20.2 Å². The SMILES string of the molecule is Cc1cccc(-c2cc(-c3ccccn3)[nH]n2)n1. The Labute approximate surface area is 105 Å².